The van der Waals surface area contributed by atoms with Gasteiger partial charge in [0.25, 0.3) is 0 Å². The Bertz CT molecular complexity index is 731. The van der Waals surface area contributed by atoms with Crippen LogP contribution in [-0.2, 0) is 16.0 Å². The molecule has 6 nitrogen and oxygen atoms in total. The molecule has 0 bridgehead atoms. The molecule has 1 aliphatic rings. The molecule has 1 aliphatic heterocycles. The number of hydrogen-bond donors (Lipinski definition) is 1. The van der Waals surface area contributed by atoms with Crippen molar-refractivity contribution in [3.05, 3.63) is 40.7 Å². The van der Waals surface area contributed by atoms with Gasteiger partial charge in [0.2, 0.25) is 16.9 Å². The van der Waals surface area contributed by atoms with Crippen LogP contribution >= 0.6 is 11.3 Å². The molecule has 23 heavy (non-hydrogen) atoms. The van der Waals surface area contributed by atoms with E-state index < -0.39 is 0 Å². The highest BCUT2D eigenvalue weighted by atomic mass is 32.1. The molecule has 8 heteroatoms. The highest BCUT2D eigenvalue weighted by Gasteiger charge is 2.32. The summed E-state index contributed by atoms with van der Waals surface area (Å²) in [5, 5.41) is 11.8. The molecule has 1 aromatic heterocycles. The van der Waals surface area contributed by atoms with Gasteiger partial charge in [-0.3, -0.25) is 9.59 Å². The van der Waals surface area contributed by atoms with Gasteiger partial charge < -0.3 is 10.2 Å². The largest absolute Gasteiger partial charge is 0.345 e. The van der Waals surface area contributed by atoms with E-state index in [0.29, 0.717) is 18.1 Å². The van der Waals surface area contributed by atoms with Crippen molar-refractivity contribution in [2.24, 2.45) is 5.92 Å². The molecule has 1 saturated heterocycles. The van der Waals surface area contributed by atoms with Crippen molar-refractivity contribution < 1.29 is 14.0 Å². The Morgan fingerprint density at radius 1 is 1.39 bits per heavy atom. The van der Waals surface area contributed by atoms with Gasteiger partial charge in [0.1, 0.15) is 10.8 Å². The predicted molar refractivity (Wildman–Crippen MR) is 83.5 cm³/mol. The van der Waals surface area contributed by atoms with E-state index >= 15 is 0 Å². The zero-order chi connectivity index (χ0) is 16.4. The molecule has 2 aromatic rings. The molecule has 120 valence electrons. The lowest BCUT2D eigenvalue weighted by molar-refractivity contribution is -0.127. The van der Waals surface area contributed by atoms with E-state index in [1.165, 1.54) is 23.5 Å². The van der Waals surface area contributed by atoms with Crippen LogP contribution in [0.2, 0.25) is 0 Å². The first-order chi connectivity index (χ1) is 11.0. The summed E-state index contributed by atoms with van der Waals surface area (Å²) in [6, 6.07) is 6.17. The van der Waals surface area contributed by atoms with Crippen LogP contribution in [0.3, 0.4) is 0 Å². The lowest BCUT2D eigenvalue weighted by Gasteiger charge is -2.08. The maximum absolute atomic E-state index is 12.9. The number of rotatable bonds is 4. The average Bonchev–Trinajstić information content (AvgIpc) is 3.09. The molecular weight excluding hydrogens is 319 g/mol. The van der Waals surface area contributed by atoms with Crippen molar-refractivity contribution in [1.29, 1.82) is 0 Å². The fourth-order valence-electron chi connectivity index (χ4n) is 2.40. The van der Waals surface area contributed by atoms with Crippen molar-refractivity contribution in [2.75, 3.05) is 18.9 Å². The summed E-state index contributed by atoms with van der Waals surface area (Å²) in [6.45, 7) is 0.423. The molecule has 1 fully saturated rings. The molecule has 0 unspecified atom stereocenters. The van der Waals surface area contributed by atoms with Crippen LogP contribution in [0.25, 0.3) is 0 Å². The number of aromatic nitrogens is 2. The molecule has 0 radical (unpaired) electrons. The van der Waals surface area contributed by atoms with Crippen LogP contribution in [0.4, 0.5) is 9.52 Å². The third-order valence-corrected chi connectivity index (χ3v) is 4.52. The molecular formula is C15H15FN4O2S. The summed E-state index contributed by atoms with van der Waals surface area (Å²) < 4.78 is 12.9. The van der Waals surface area contributed by atoms with Gasteiger partial charge in [0, 0.05) is 26.4 Å². The molecule has 0 spiro atoms. The number of anilines is 1. The van der Waals surface area contributed by atoms with Crippen molar-refractivity contribution in [3.63, 3.8) is 0 Å². The van der Waals surface area contributed by atoms with Gasteiger partial charge in [-0.2, -0.15) is 0 Å². The van der Waals surface area contributed by atoms with Gasteiger partial charge in [-0.15, -0.1) is 10.2 Å². The predicted octanol–water partition coefficient (Wildman–Crippen LogP) is 1.68. The molecule has 1 aromatic carbocycles. The summed E-state index contributed by atoms with van der Waals surface area (Å²) in [5.41, 5.74) is 0.920. The highest BCUT2D eigenvalue weighted by Crippen LogP contribution is 2.22. The summed E-state index contributed by atoms with van der Waals surface area (Å²) in [4.78, 5) is 25.1. The van der Waals surface area contributed by atoms with Gasteiger partial charge in [-0.25, -0.2) is 4.39 Å². The third-order valence-electron chi connectivity index (χ3n) is 3.68. The third kappa shape index (κ3) is 3.70. The van der Waals surface area contributed by atoms with E-state index in [1.807, 2.05) is 0 Å². The van der Waals surface area contributed by atoms with Gasteiger partial charge in [-0.1, -0.05) is 23.5 Å². The first kappa shape index (κ1) is 15.5. The normalized spacial score (nSPS) is 17.6. The van der Waals surface area contributed by atoms with E-state index in [-0.39, 0.29) is 30.0 Å². The van der Waals surface area contributed by atoms with Crippen molar-refractivity contribution in [3.8, 4) is 0 Å². The van der Waals surface area contributed by atoms with E-state index in [1.54, 1.807) is 24.1 Å². The van der Waals surface area contributed by atoms with Crippen LogP contribution in [0.1, 0.15) is 17.0 Å². The fraction of sp³-hybridized carbons (Fsp3) is 0.333. The van der Waals surface area contributed by atoms with Crippen LogP contribution in [-0.4, -0.2) is 40.5 Å². The Morgan fingerprint density at radius 3 is 2.78 bits per heavy atom. The number of nitrogens with zero attached hydrogens (tertiary/aromatic N) is 3. The van der Waals surface area contributed by atoms with Gasteiger partial charge >= 0.3 is 0 Å². The monoisotopic (exact) mass is 334 g/mol. The fourth-order valence-corrected chi connectivity index (χ4v) is 3.18. The first-order valence-corrected chi connectivity index (χ1v) is 7.94. The number of carbonyl (C=O) groups is 2. The number of halogens is 1. The standard InChI is InChI=1S/C15H15FN4O2S/c1-20-8-10(7-13(20)21)14(22)17-15-19-18-12(23-15)6-9-2-4-11(16)5-3-9/h2-5,10H,6-8H2,1H3,(H,17,19,22)/t10-/m0/s1. The quantitative estimate of drug-likeness (QED) is 0.923. The second-order valence-corrected chi connectivity index (χ2v) is 6.53. The summed E-state index contributed by atoms with van der Waals surface area (Å²) in [7, 11) is 1.68. The Labute approximate surface area is 136 Å². The number of likely N-dealkylation sites (tertiary alicyclic amines) is 1. The number of benzene rings is 1. The summed E-state index contributed by atoms with van der Waals surface area (Å²) in [6.07, 6.45) is 0.752. The highest BCUT2D eigenvalue weighted by molar-refractivity contribution is 7.15. The molecule has 3 rings (SSSR count). The Hall–Kier alpha value is -2.35. The number of nitrogens with one attached hydrogen (secondary N) is 1. The second kappa shape index (κ2) is 6.41. The molecule has 1 atom stereocenters. The van der Waals surface area contributed by atoms with Crippen LogP contribution < -0.4 is 5.32 Å². The van der Waals surface area contributed by atoms with Crippen LogP contribution in [0, 0.1) is 11.7 Å². The van der Waals surface area contributed by atoms with Gasteiger partial charge in [0.05, 0.1) is 5.92 Å². The van der Waals surface area contributed by atoms with Crippen molar-refractivity contribution >= 4 is 28.3 Å². The Balaban J connectivity index is 1.60. The minimum atomic E-state index is -0.350. The maximum Gasteiger partial charge on any atom is 0.231 e. The van der Waals surface area contributed by atoms with Crippen molar-refractivity contribution in [1.82, 2.24) is 15.1 Å². The second-order valence-electron chi connectivity index (χ2n) is 5.47. The zero-order valence-corrected chi connectivity index (χ0v) is 13.3. The molecule has 1 N–H and O–H groups in total. The molecule has 2 heterocycles. The Morgan fingerprint density at radius 2 is 2.13 bits per heavy atom. The number of carbonyl (C=O) groups excluding carboxylic acids is 2. The van der Waals surface area contributed by atoms with Crippen LogP contribution in [0.5, 0.6) is 0 Å². The average molecular weight is 334 g/mol. The molecule has 0 aliphatic carbocycles. The zero-order valence-electron chi connectivity index (χ0n) is 12.5. The number of amides is 2. The molecule has 0 saturated carbocycles. The smallest absolute Gasteiger partial charge is 0.231 e. The van der Waals surface area contributed by atoms with Crippen molar-refractivity contribution in [2.45, 2.75) is 12.8 Å². The lowest BCUT2D eigenvalue weighted by atomic mass is 10.1. The SMILES string of the molecule is CN1C[C@@H](C(=O)Nc2nnc(Cc3ccc(F)cc3)s2)CC1=O. The van der Waals surface area contributed by atoms with E-state index in [9.17, 15) is 14.0 Å². The maximum atomic E-state index is 12.9. The Kier molecular flexibility index (Phi) is 4.33. The van der Waals surface area contributed by atoms with Gasteiger partial charge in [-0.05, 0) is 17.7 Å². The first-order valence-electron chi connectivity index (χ1n) is 7.13. The minimum Gasteiger partial charge on any atom is -0.345 e. The van der Waals surface area contributed by atoms with Gasteiger partial charge in [0.15, 0.2) is 0 Å². The van der Waals surface area contributed by atoms with E-state index in [4.69, 9.17) is 0 Å². The lowest BCUT2D eigenvalue weighted by Crippen LogP contribution is -2.25. The summed E-state index contributed by atoms with van der Waals surface area (Å²) >= 11 is 1.27. The van der Waals surface area contributed by atoms with E-state index in [2.05, 4.69) is 15.5 Å². The molecule has 2 amide bonds. The van der Waals surface area contributed by atoms with E-state index in [0.717, 1.165) is 10.6 Å². The van der Waals surface area contributed by atoms with Crippen LogP contribution in [0.15, 0.2) is 24.3 Å². The number of hydrogen-bond acceptors (Lipinski definition) is 5. The topological polar surface area (TPSA) is 75.2 Å². The minimum absolute atomic E-state index is 0.0283. The summed E-state index contributed by atoms with van der Waals surface area (Å²) in [5.74, 6) is -0.876.